The third-order valence-corrected chi connectivity index (χ3v) is 4.44. The molecule has 24 heavy (non-hydrogen) atoms. The second-order valence-corrected chi connectivity index (χ2v) is 6.73. The third kappa shape index (κ3) is 3.50. The molecule has 0 unspecified atom stereocenters. The highest BCUT2D eigenvalue weighted by Gasteiger charge is 2.36. The molecule has 1 saturated heterocycles. The van der Waals surface area contributed by atoms with Crippen LogP contribution in [-0.2, 0) is 21.7 Å². The molecule has 0 saturated carbocycles. The van der Waals surface area contributed by atoms with Gasteiger partial charge < -0.3 is 14.6 Å². The Balaban J connectivity index is 1.62. The van der Waals surface area contributed by atoms with Gasteiger partial charge in [0, 0.05) is 13.0 Å². The van der Waals surface area contributed by atoms with Crippen LogP contribution in [0.2, 0.25) is 0 Å². The van der Waals surface area contributed by atoms with Gasteiger partial charge >= 0.3 is 0 Å². The highest BCUT2D eigenvalue weighted by Crippen LogP contribution is 2.24. The zero-order chi connectivity index (χ0) is 17.2. The Labute approximate surface area is 141 Å². The van der Waals surface area contributed by atoms with Crippen LogP contribution >= 0.6 is 0 Å². The van der Waals surface area contributed by atoms with E-state index in [9.17, 15) is 9.59 Å². The van der Waals surface area contributed by atoms with E-state index < -0.39 is 5.54 Å². The smallest absolute Gasteiger partial charge is 0.226 e. The fraction of sp³-hybridized carbons (Fsp3) is 0.368. The van der Waals surface area contributed by atoms with Crippen molar-refractivity contribution in [1.29, 1.82) is 0 Å². The predicted molar refractivity (Wildman–Crippen MR) is 89.8 cm³/mol. The van der Waals surface area contributed by atoms with E-state index in [-0.39, 0.29) is 24.2 Å². The van der Waals surface area contributed by atoms with E-state index in [1.165, 1.54) is 0 Å². The van der Waals surface area contributed by atoms with E-state index in [4.69, 9.17) is 4.42 Å². The highest BCUT2D eigenvalue weighted by atomic mass is 16.3. The Kier molecular flexibility index (Phi) is 4.42. The number of carbonyl (C=O) groups is 2. The summed E-state index contributed by atoms with van der Waals surface area (Å²) in [6, 6.07) is 13.5. The van der Waals surface area contributed by atoms with E-state index in [0.29, 0.717) is 13.1 Å². The van der Waals surface area contributed by atoms with Crippen LogP contribution in [-0.4, -0.2) is 23.3 Å². The Bertz CT molecular complexity index is 707. The van der Waals surface area contributed by atoms with Gasteiger partial charge in [0.1, 0.15) is 5.76 Å². The van der Waals surface area contributed by atoms with Gasteiger partial charge in [-0.1, -0.05) is 30.3 Å². The second kappa shape index (κ2) is 6.51. The number of nitrogens with zero attached hydrogens (tertiary/aromatic N) is 1. The molecule has 2 amide bonds. The average molecular weight is 326 g/mol. The number of nitrogens with one attached hydrogen (secondary N) is 1. The molecule has 1 aromatic carbocycles. The summed E-state index contributed by atoms with van der Waals surface area (Å²) >= 11 is 0. The van der Waals surface area contributed by atoms with E-state index in [2.05, 4.69) is 5.32 Å². The average Bonchev–Trinajstić information content (AvgIpc) is 3.19. The minimum absolute atomic E-state index is 0.0101. The molecule has 0 spiro atoms. The van der Waals surface area contributed by atoms with Crippen LogP contribution in [0.1, 0.15) is 31.6 Å². The Morgan fingerprint density at radius 2 is 2.00 bits per heavy atom. The van der Waals surface area contributed by atoms with Crippen LogP contribution in [0, 0.1) is 5.92 Å². The quantitative estimate of drug-likeness (QED) is 0.919. The molecule has 2 aromatic rings. The zero-order valence-corrected chi connectivity index (χ0v) is 14.0. The number of likely N-dealkylation sites (tertiary alicyclic amines) is 1. The lowest BCUT2D eigenvalue weighted by molar-refractivity contribution is -0.129. The number of rotatable bonds is 5. The highest BCUT2D eigenvalue weighted by molar-refractivity contribution is 5.89. The molecule has 1 fully saturated rings. The lowest BCUT2D eigenvalue weighted by atomic mass is 9.93. The van der Waals surface area contributed by atoms with Crippen molar-refractivity contribution in [3.63, 3.8) is 0 Å². The van der Waals surface area contributed by atoms with Crippen LogP contribution in [0.15, 0.2) is 53.1 Å². The maximum atomic E-state index is 12.6. The molecule has 1 aromatic heterocycles. The monoisotopic (exact) mass is 326 g/mol. The summed E-state index contributed by atoms with van der Waals surface area (Å²) in [5.74, 6) is 0.313. The molecule has 2 heterocycles. The Morgan fingerprint density at radius 3 is 2.67 bits per heavy atom. The van der Waals surface area contributed by atoms with Gasteiger partial charge in [0.2, 0.25) is 11.8 Å². The van der Waals surface area contributed by atoms with Crippen LogP contribution in [0.3, 0.4) is 0 Å². The number of hydrogen-bond donors (Lipinski definition) is 1. The molecule has 0 bridgehead atoms. The number of benzene rings is 1. The van der Waals surface area contributed by atoms with Gasteiger partial charge in [0.05, 0.1) is 24.3 Å². The number of amides is 2. The van der Waals surface area contributed by atoms with Crippen LogP contribution in [0.25, 0.3) is 0 Å². The second-order valence-electron chi connectivity index (χ2n) is 6.73. The Hall–Kier alpha value is -2.56. The van der Waals surface area contributed by atoms with Crippen LogP contribution < -0.4 is 5.32 Å². The largest absolute Gasteiger partial charge is 0.467 e. The predicted octanol–water partition coefficient (Wildman–Crippen LogP) is 2.68. The summed E-state index contributed by atoms with van der Waals surface area (Å²) in [4.78, 5) is 26.4. The summed E-state index contributed by atoms with van der Waals surface area (Å²) < 4.78 is 5.28. The van der Waals surface area contributed by atoms with Crippen molar-refractivity contribution in [2.24, 2.45) is 5.92 Å². The SMILES string of the molecule is CC(C)(NC(=O)[C@H]1CC(=O)N(Cc2ccco2)C1)c1ccccc1. The fourth-order valence-corrected chi connectivity index (χ4v) is 3.03. The third-order valence-electron chi connectivity index (χ3n) is 4.44. The standard InChI is InChI=1S/C19H22N2O3/c1-19(2,15-7-4-3-5-8-15)20-18(23)14-11-17(22)21(12-14)13-16-9-6-10-24-16/h3-10,14H,11-13H2,1-2H3,(H,20,23)/t14-/m0/s1. The first kappa shape index (κ1) is 16.3. The van der Waals surface area contributed by atoms with Crippen LogP contribution in [0.4, 0.5) is 0 Å². The summed E-state index contributed by atoms with van der Waals surface area (Å²) in [6.07, 6.45) is 1.83. The lowest BCUT2D eigenvalue weighted by Crippen LogP contribution is -2.44. The fourth-order valence-electron chi connectivity index (χ4n) is 3.03. The van der Waals surface area contributed by atoms with Crippen molar-refractivity contribution < 1.29 is 14.0 Å². The minimum Gasteiger partial charge on any atom is -0.467 e. The summed E-state index contributed by atoms with van der Waals surface area (Å²) in [6.45, 7) is 4.78. The number of hydrogen-bond acceptors (Lipinski definition) is 3. The maximum absolute atomic E-state index is 12.6. The molecule has 1 atom stereocenters. The minimum atomic E-state index is -0.476. The van der Waals surface area contributed by atoms with Crippen molar-refractivity contribution in [2.75, 3.05) is 6.54 Å². The van der Waals surface area contributed by atoms with Crippen molar-refractivity contribution in [3.05, 3.63) is 60.1 Å². The van der Waals surface area contributed by atoms with Crippen molar-refractivity contribution >= 4 is 11.8 Å². The van der Waals surface area contributed by atoms with Crippen molar-refractivity contribution in [2.45, 2.75) is 32.4 Å². The molecule has 5 heteroatoms. The Morgan fingerprint density at radius 1 is 1.25 bits per heavy atom. The van der Waals surface area contributed by atoms with Gasteiger partial charge in [0.25, 0.3) is 0 Å². The van der Waals surface area contributed by atoms with E-state index >= 15 is 0 Å². The van der Waals surface area contributed by atoms with Crippen LogP contribution in [0.5, 0.6) is 0 Å². The van der Waals surface area contributed by atoms with Crippen molar-refractivity contribution in [3.8, 4) is 0 Å². The molecular weight excluding hydrogens is 304 g/mol. The van der Waals surface area contributed by atoms with Gasteiger partial charge in [-0.25, -0.2) is 0 Å². The van der Waals surface area contributed by atoms with Gasteiger partial charge in [0.15, 0.2) is 0 Å². The molecular formula is C19H22N2O3. The summed E-state index contributed by atoms with van der Waals surface area (Å²) in [5.41, 5.74) is 0.561. The lowest BCUT2D eigenvalue weighted by Gasteiger charge is -2.28. The maximum Gasteiger partial charge on any atom is 0.226 e. The first-order valence-corrected chi connectivity index (χ1v) is 8.13. The topological polar surface area (TPSA) is 62.6 Å². The molecule has 1 aliphatic rings. The van der Waals surface area contributed by atoms with E-state index in [1.807, 2.05) is 50.2 Å². The summed E-state index contributed by atoms with van der Waals surface area (Å²) in [7, 11) is 0. The molecule has 3 rings (SSSR count). The molecule has 0 aliphatic carbocycles. The number of carbonyl (C=O) groups excluding carboxylic acids is 2. The van der Waals surface area contributed by atoms with Gasteiger partial charge in [-0.05, 0) is 31.5 Å². The molecule has 1 aliphatic heterocycles. The van der Waals surface area contributed by atoms with Gasteiger partial charge in [-0.15, -0.1) is 0 Å². The zero-order valence-electron chi connectivity index (χ0n) is 14.0. The van der Waals surface area contributed by atoms with Gasteiger partial charge in [-0.2, -0.15) is 0 Å². The van der Waals surface area contributed by atoms with E-state index in [1.54, 1.807) is 17.2 Å². The van der Waals surface area contributed by atoms with E-state index in [0.717, 1.165) is 11.3 Å². The first-order valence-electron chi connectivity index (χ1n) is 8.13. The molecule has 1 N–H and O–H groups in total. The normalized spacial score (nSPS) is 18.0. The first-order chi connectivity index (χ1) is 11.5. The summed E-state index contributed by atoms with van der Waals surface area (Å²) in [5, 5.41) is 3.07. The molecule has 126 valence electrons. The van der Waals surface area contributed by atoms with Gasteiger partial charge in [-0.3, -0.25) is 9.59 Å². The molecule has 0 radical (unpaired) electrons. The number of furan rings is 1. The van der Waals surface area contributed by atoms with Crippen molar-refractivity contribution in [1.82, 2.24) is 10.2 Å². The molecule has 5 nitrogen and oxygen atoms in total.